The third kappa shape index (κ3) is 2.06. The number of rotatable bonds is 2. The Kier molecular flexibility index (Phi) is 2.64. The Morgan fingerprint density at radius 1 is 1.44 bits per heavy atom. The number of benzene rings is 1. The molecule has 0 radical (unpaired) electrons. The van der Waals surface area contributed by atoms with E-state index in [4.69, 9.17) is 9.84 Å². The van der Waals surface area contributed by atoms with Crippen LogP contribution in [0.1, 0.15) is 5.56 Å². The number of phenolic OH excluding ortho intramolecular Hbond substituents is 1. The Balaban J connectivity index is 2.32. The van der Waals surface area contributed by atoms with E-state index in [-0.39, 0.29) is 12.4 Å². The third-order valence-electron chi connectivity index (χ3n) is 2.19. The number of carbonyl (C=O) groups is 1. The van der Waals surface area contributed by atoms with E-state index < -0.39 is 5.97 Å². The molecule has 0 atom stereocenters. The van der Waals surface area contributed by atoms with Gasteiger partial charge in [-0.25, -0.2) is 4.79 Å². The molecule has 2 rings (SSSR count). The summed E-state index contributed by atoms with van der Waals surface area (Å²) in [7, 11) is 0. The van der Waals surface area contributed by atoms with Gasteiger partial charge in [-0.3, -0.25) is 0 Å². The molecule has 0 fully saturated rings. The van der Waals surface area contributed by atoms with Crippen molar-refractivity contribution >= 4 is 12.0 Å². The molecule has 1 aromatic carbocycles. The zero-order chi connectivity index (χ0) is 11.5. The first kappa shape index (κ1) is 10.3. The lowest BCUT2D eigenvalue weighted by molar-refractivity contribution is -0.131. The van der Waals surface area contributed by atoms with Crippen molar-refractivity contribution < 1.29 is 19.7 Å². The predicted molar refractivity (Wildman–Crippen MR) is 58.4 cm³/mol. The van der Waals surface area contributed by atoms with E-state index in [1.54, 1.807) is 24.3 Å². The molecular formula is C12H10O4. The number of hydrogen-bond acceptors (Lipinski definition) is 3. The van der Waals surface area contributed by atoms with Crippen LogP contribution in [0.15, 0.2) is 35.9 Å². The van der Waals surface area contributed by atoms with Gasteiger partial charge in [0.15, 0.2) is 11.5 Å². The van der Waals surface area contributed by atoms with E-state index in [2.05, 4.69) is 0 Å². The summed E-state index contributed by atoms with van der Waals surface area (Å²) in [6.07, 6.45) is 4.33. The molecule has 1 aliphatic rings. The van der Waals surface area contributed by atoms with Crippen LogP contribution in [0, 0.1) is 0 Å². The fraction of sp³-hybridized carbons (Fsp3) is 0.0833. The van der Waals surface area contributed by atoms with E-state index in [1.807, 2.05) is 0 Å². The number of phenols is 1. The molecule has 0 spiro atoms. The molecule has 0 aliphatic carbocycles. The molecule has 1 heterocycles. The highest BCUT2D eigenvalue weighted by Gasteiger charge is 2.13. The van der Waals surface area contributed by atoms with Gasteiger partial charge in [0, 0.05) is 11.6 Å². The molecule has 1 aliphatic heterocycles. The van der Waals surface area contributed by atoms with Crippen molar-refractivity contribution in [1.82, 2.24) is 0 Å². The largest absolute Gasteiger partial charge is 0.504 e. The number of para-hydroxylation sites is 1. The molecule has 0 aromatic heterocycles. The second kappa shape index (κ2) is 4.10. The van der Waals surface area contributed by atoms with Crippen molar-refractivity contribution in [2.24, 2.45) is 0 Å². The highest BCUT2D eigenvalue weighted by atomic mass is 16.5. The predicted octanol–water partition coefficient (Wildman–Crippen LogP) is 1.81. The first-order valence-electron chi connectivity index (χ1n) is 4.73. The van der Waals surface area contributed by atoms with Crippen molar-refractivity contribution in [3.05, 3.63) is 41.5 Å². The van der Waals surface area contributed by atoms with Gasteiger partial charge in [-0.15, -0.1) is 0 Å². The van der Waals surface area contributed by atoms with Crippen LogP contribution in [0.4, 0.5) is 0 Å². The zero-order valence-electron chi connectivity index (χ0n) is 8.38. The number of hydrogen-bond donors (Lipinski definition) is 2. The SMILES string of the molecule is O=C(O)/C=C/C1=Cc2cccc(O)c2OC1. The second-order valence-corrected chi connectivity index (χ2v) is 3.37. The van der Waals surface area contributed by atoms with E-state index in [9.17, 15) is 9.90 Å². The summed E-state index contributed by atoms with van der Waals surface area (Å²) < 4.78 is 5.34. The molecule has 0 bridgehead atoms. The summed E-state index contributed by atoms with van der Waals surface area (Å²) in [4.78, 5) is 10.3. The highest BCUT2D eigenvalue weighted by molar-refractivity contribution is 5.81. The Bertz CT molecular complexity index is 486. The van der Waals surface area contributed by atoms with Crippen LogP contribution in [-0.4, -0.2) is 22.8 Å². The van der Waals surface area contributed by atoms with E-state index in [0.29, 0.717) is 5.75 Å². The Morgan fingerprint density at radius 2 is 2.25 bits per heavy atom. The molecule has 0 saturated carbocycles. The number of fused-ring (bicyclic) bond motifs is 1. The van der Waals surface area contributed by atoms with Crippen LogP contribution in [-0.2, 0) is 4.79 Å². The Labute approximate surface area is 92.1 Å². The third-order valence-corrected chi connectivity index (χ3v) is 2.19. The maximum Gasteiger partial charge on any atom is 0.328 e. The molecule has 16 heavy (non-hydrogen) atoms. The molecule has 0 saturated heterocycles. The number of ether oxygens (including phenoxy) is 1. The standard InChI is InChI=1S/C12H10O4/c13-10-3-1-2-9-6-8(4-5-11(14)15)7-16-12(9)10/h1-6,13H,7H2,(H,14,15)/b5-4+. The van der Waals surface area contributed by atoms with Crippen LogP contribution in [0.3, 0.4) is 0 Å². The molecule has 82 valence electrons. The fourth-order valence-electron chi connectivity index (χ4n) is 1.48. The maximum atomic E-state index is 10.3. The van der Waals surface area contributed by atoms with Gasteiger partial charge in [-0.1, -0.05) is 12.1 Å². The van der Waals surface area contributed by atoms with Crippen LogP contribution in [0.25, 0.3) is 6.08 Å². The van der Waals surface area contributed by atoms with Gasteiger partial charge in [0.2, 0.25) is 0 Å². The van der Waals surface area contributed by atoms with E-state index >= 15 is 0 Å². The number of aliphatic carboxylic acids is 1. The van der Waals surface area contributed by atoms with Crippen molar-refractivity contribution in [2.75, 3.05) is 6.61 Å². The zero-order valence-corrected chi connectivity index (χ0v) is 8.38. The summed E-state index contributed by atoms with van der Waals surface area (Å²) in [5, 5.41) is 18.0. The Morgan fingerprint density at radius 3 is 3.00 bits per heavy atom. The average molecular weight is 218 g/mol. The van der Waals surface area contributed by atoms with Crippen LogP contribution in [0.5, 0.6) is 11.5 Å². The minimum atomic E-state index is -0.998. The molecule has 4 nitrogen and oxygen atoms in total. The summed E-state index contributed by atoms with van der Waals surface area (Å²) in [5.41, 5.74) is 1.50. The lowest BCUT2D eigenvalue weighted by Gasteiger charge is -2.16. The van der Waals surface area contributed by atoms with Crippen LogP contribution in [0.2, 0.25) is 0 Å². The summed E-state index contributed by atoms with van der Waals surface area (Å²) >= 11 is 0. The fourth-order valence-corrected chi connectivity index (χ4v) is 1.48. The molecular weight excluding hydrogens is 208 g/mol. The highest BCUT2D eigenvalue weighted by Crippen LogP contribution is 2.34. The van der Waals surface area contributed by atoms with Gasteiger partial charge >= 0.3 is 5.97 Å². The van der Waals surface area contributed by atoms with Crippen LogP contribution < -0.4 is 4.74 Å². The average Bonchev–Trinajstić information content (AvgIpc) is 2.26. The van der Waals surface area contributed by atoms with Gasteiger partial charge in [-0.05, 0) is 23.8 Å². The van der Waals surface area contributed by atoms with Crippen LogP contribution >= 0.6 is 0 Å². The topological polar surface area (TPSA) is 66.8 Å². The summed E-state index contributed by atoms with van der Waals surface area (Å²) in [6.45, 7) is 0.258. The van der Waals surface area contributed by atoms with E-state index in [0.717, 1.165) is 17.2 Å². The summed E-state index contributed by atoms with van der Waals surface area (Å²) in [5.74, 6) is -0.465. The minimum absolute atomic E-state index is 0.0926. The normalized spacial score (nSPS) is 14.1. The van der Waals surface area contributed by atoms with Gasteiger partial charge in [0.05, 0.1) is 0 Å². The smallest absolute Gasteiger partial charge is 0.328 e. The minimum Gasteiger partial charge on any atom is -0.504 e. The van der Waals surface area contributed by atoms with E-state index in [1.165, 1.54) is 6.08 Å². The number of aromatic hydroxyl groups is 1. The van der Waals surface area contributed by atoms with Gasteiger partial charge in [0.25, 0.3) is 0 Å². The number of carboxylic acids is 1. The Hall–Kier alpha value is -2.23. The molecule has 1 aromatic rings. The maximum absolute atomic E-state index is 10.3. The first-order chi connectivity index (χ1) is 7.66. The van der Waals surface area contributed by atoms with Crippen molar-refractivity contribution in [1.29, 1.82) is 0 Å². The summed E-state index contributed by atoms with van der Waals surface area (Å²) in [6, 6.07) is 5.05. The number of carboxylic acid groups (broad SMARTS) is 1. The van der Waals surface area contributed by atoms with Gasteiger partial charge in [-0.2, -0.15) is 0 Å². The molecule has 0 unspecified atom stereocenters. The van der Waals surface area contributed by atoms with Gasteiger partial charge in [0.1, 0.15) is 6.61 Å². The quantitative estimate of drug-likeness (QED) is 0.743. The molecule has 0 amide bonds. The van der Waals surface area contributed by atoms with Crippen molar-refractivity contribution in [3.63, 3.8) is 0 Å². The monoisotopic (exact) mass is 218 g/mol. The first-order valence-corrected chi connectivity index (χ1v) is 4.73. The molecule has 2 N–H and O–H groups in total. The van der Waals surface area contributed by atoms with Crippen molar-refractivity contribution in [3.8, 4) is 11.5 Å². The molecule has 4 heteroatoms. The van der Waals surface area contributed by atoms with Crippen molar-refractivity contribution in [2.45, 2.75) is 0 Å². The second-order valence-electron chi connectivity index (χ2n) is 3.37. The lowest BCUT2D eigenvalue weighted by Crippen LogP contribution is -2.06. The van der Waals surface area contributed by atoms with Gasteiger partial charge < -0.3 is 14.9 Å². The lowest BCUT2D eigenvalue weighted by atomic mass is 10.1.